The second kappa shape index (κ2) is 9.52. The molecule has 31 heavy (non-hydrogen) atoms. The van der Waals surface area contributed by atoms with Crippen LogP contribution in [0.2, 0.25) is 5.02 Å². The van der Waals surface area contributed by atoms with Crippen molar-refractivity contribution in [3.63, 3.8) is 0 Å². The summed E-state index contributed by atoms with van der Waals surface area (Å²) in [7, 11) is 0. The van der Waals surface area contributed by atoms with E-state index in [0.29, 0.717) is 36.9 Å². The topological polar surface area (TPSA) is 132 Å². The summed E-state index contributed by atoms with van der Waals surface area (Å²) < 4.78 is 19.2. The quantitative estimate of drug-likeness (QED) is 0.554. The molecule has 0 bridgehead atoms. The van der Waals surface area contributed by atoms with Gasteiger partial charge in [-0.05, 0) is 35.5 Å². The van der Waals surface area contributed by atoms with E-state index in [9.17, 15) is 9.18 Å². The predicted octanol–water partition coefficient (Wildman–Crippen LogP) is 1.91. The van der Waals surface area contributed by atoms with Crippen molar-refractivity contribution in [2.75, 3.05) is 13.1 Å². The second-order valence-electron chi connectivity index (χ2n) is 6.83. The number of tetrazole rings is 1. The maximum Gasteiger partial charge on any atom is 0.309 e. The van der Waals surface area contributed by atoms with Gasteiger partial charge in [0, 0.05) is 25.3 Å². The van der Waals surface area contributed by atoms with Gasteiger partial charge in [-0.15, -0.1) is 27.4 Å². The number of nitrogens with two attached hydrogens (primary N) is 1. The van der Waals surface area contributed by atoms with E-state index < -0.39 is 23.7 Å². The molecule has 0 amide bonds. The van der Waals surface area contributed by atoms with Crippen LogP contribution < -0.4 is 10.5 Å². The number of carboxylic acid groups (broad SMARTS) is 1. The molecule has 2 unspecified atom stereocenters. The van der Waals surface area contributed by atoms with Gasteiger partial charge in [-0.25, -0.2) is 9.37 Å². The molecular weight excluding hydrogens is 452 g/mol. The highest BCUT2D eigenvalue weighted by atomic mass is 35.5. The van der Waals surface area contributed by atoms with Gasteiger partial charge in [-0.3, -0.25) is 9.69 Å². The van der Waals surface area contributed by atoms with Crippen LogP contribution in [-0.2, 0) is 11.3 Å². The molecule has 0 aliphatic carbocycles. The Hall–Kier alpha value is -2.86. The van der Waals surface area contributed by atoms with E-state index in [-0.39, 0.29) is 23.3 Å². The van der Waals surface area contributed by atoms with Crippen LogP contribution in [0.3, 0.4) is 0 Å². The van der Waals surface area contributed by atoms with Gasteiger partial charge in [-0.1, -0.05) is 11.6 Å². The number of likely N-dealkylation sites (tertiary alicyclic amines) is 1. The average molecular weight is 470 g/mol. The zero-order chi connectivity index (χ0) is 21.3. The third-order valence-corrected chi connectivity index (χ3v) is 4.84. The highest BCUT2D eigenvalue weighted by Gasteiger charge is 2.35. The number of aromatic nitrogens is 5. The highest BCUT2D eigenvalue weighted by molar-refractivity contribution is 6.30. The molecule has 1 aliphatic rings. The van der Waals surface area contributed by atoms with Crippen LogP contribution in [-0.4, -0.2) is 60.3 Å². The standard InChI is InChI=1S/C18H17ClFN7O3.ClH/c19-10-5-14(20)17(22-6-10)30-12-3-1-11(2-4-12)27-24-16(23-25-27)9-26-7-13(18(28)29)15(21)8-26;/h1-6,13,15H,7-9,21H2,(H,28,29);1H. The maximum atomic E-state index is 13.8. The van der Waals surface area contributed by atoms with Crippen molar-refractivity contribution in [1.82, 2.24) is 30.1 Å². The van der Waals surface area contributed by atoms with Gasteiger partial charge in [0.2, 0.25) is 0 Å². The molecule has 0 spiro atoms. The first-order valence-corrected chi connectivity index (χ1v) is 9.36. The van der Waals surface area contributed by atoms with Crippen molar-refractivity contribution >= 4 is 30.0 Å². The number of benzene rings is 1. The van der Waals surface area contributed by atoms with E-state index in [1.54, 1.807) is 24.3 Å². The summed E-state index contributed by atoms with van der Waals surface area (Å²) in [5.74, 6) is -1.54. The summed E-state index contributed by atoms with van der Waals surface area (Å²) in [4.78, 5) is 18.2. The molecule has 3 N–H and O–H groups in total. The highest BCUT2D eigenvalue weighted by Crippen LogP contribution is 2.25. The molecule has 4 rings (SSSR count). The Kier molecular flexibility index (Phi) is 7.01. The molecule has 1 aliphatic heterocycles. The van der Waals surface area contributed by atoms with Crippen LogP contribution in [0.25, 0.3) is 5.69 Å². The summed E-state index contributed by atoms with van der Waals surface area (Å²) >= 11 is 5.68. The molecule has 1 aromatic carbocycles. The second-order valence-corrected chi connectivity index (χ2v) is 7.27. The predicted molar refractivity (Wildman–Crippen MR) is 110 cm³/mol. The fraction of sp³-hybridized carbons (Fsp3) is 0.278. The van der Waals surface area contributed by atoms with E-state index >= 15 is 0 Å². The van der Waals surface area contributed by atoms with Gasteiger partial charge >= 0.3 is 5.97 Å². The van der Waals surface area contributed by atoms with Crippen LogP contribution in [0, 0.1) is 11.7 Å². The van der Waals surface area contributed by atoms with Gasteiger partial charge in [0.05, 0.1) is 23.2 Å². The molecule has 10 nitrogen and oxygen atoms in total. The first kappa shape index (κ1) is 22.8. The fourth-order valence-electron chi connectivity index (χ4n) is 3.16. The zero-order valence-electron chi connectivity index (χ0n) is 15.9. The molecule has 13 heteroatoms. The van der Waals surface area contributed by atoms with Crippen LogP contribution in [0.1, 0.15) is 5.82 Å². The molecule has 2 aromatic heterocycles. The molecule has 3 heterocycles. The summed E-state index contributed by atoms with van der Waals surface area (Å²) in [6, 6.07) is 7.29. The number of ether oxygens (including phenoxy) is 1. The van der Waals surface area contributed by atoms with Crippen molar-refractivity contribution in [1.29, 1.82) is 0 Å². The molecular formula is C18H18Cl2FN7O3. The average Bonchev–Trinajstić information content (AvgIpc) is 3.31. The lowest BCUT2D eigenvalue weighted by Gasteiger charge is -2.11. The number of hydrogen-bond acceptors (Lipinski definition) is 8. The number of carbonyl (C=O) groups is 1. The molecule has 2 atom stereocenters. The lowest BCUT2D eigenvalue weighted by molar-refractivity contribution is -0.141. The summed E-state index contributed by atoms with van der Waals surface area (Å²) in [5, 5.41) is 21.7. The third kappa shape index (κ3) is 5.25. The Morgan fingerprint density at radius 1 is 1.32 bits per heavy atom. The number of halogens is 3. The number of pyridine rings is 1. The summed E-state index contributed by atoms with van der Waals surface area (Å²) in [6.45, 7) is 1.14. The van der Waals surface area contributed by atoms with E-state index in [0.717, 1.165) is 6.07 Å². The fourth-order valence-corrected chi connectivity index (χ4v) is 3.30. The number of aliphatic carboxylic acids is 1. The zero-order valence-corrected chi connectivity index (χ0v) is 17.5. The summed E-state index contributed by atoms with van der Waals surface area (Å²) in [6.07, 6.45) is 1.29. The largest absolute Gasteiger partial charge is 0.481 e. The number of nitrogens with zero attached hydrogens (tertiary/aromatic N) is 6. The molecule has 1 fully saturated rings. The molecule has 0 saturated carbocycles. The van der Waals surface area contributed by atoms with Crippen LogP contribution >= 0.6 is 24.0 Å². The Morgan fingerprint density at radius 2 is 2.06 bits per heavy atom. The number of hydrogen-bond donors (Lipinski definition) is 2. The first-order chi connectivity index (χ1) is 14.4. The van der Waals surface area contributed by atoms with Gasteiger partial charge in [0.25, 0.3) is 5.88 Å². The maximum absolute atomic E-state index is 13.8. The van der Waals surface area contributed by atoms with Crippen molar-refractivity contribution in [2.24, 2.45) is 11.7 Å². The van der Waals surface area contributed by atoms with Crippen LogP contribution in [0.5, 0.6) is 11.6 Å². The third-order valence-electron chi connectivity index (χ3n) is 4.63. The smallest absolute Gasteiger partial charge is 0.309 e. The van der Waals surface area contributed by atoms with Crippen LogP contribution in [0.15, 0.2) is 36.5 Å². The Labute approximate surface area is 187 Å². The molecule has 3 aromatic rings. The van der Waals surface area contributed by atoms with Gasteiger partial charge in [0.15, 0.2) is 11.6 Å². The van der Waals surface area contributed by atoms with Gasteiger partial charge in [-0.2, -0.15) is 0 Å². The SMILES string of the molecule is Cl.NC1CN(Cc2nnn(-c3ccc(Oc4ncc(Cl)cc4F)cc3)n2)CC1C(=O)O. The number of rotatable bonds is 6. The van der Waals surface area contributed by atoms with Crippen molar-refractivity contribution in [3.05, 3.63) is 53.2 Å². The Bertz CT molecular complexity index is 1070. The van der Waals surface area contributed by atoms with Crippen LogP contribution in [0.4, 0.5) is 4.39 Å². The van der Waals surface area contributed by atoms with E-state index in [4.69, 9.17) is 27.2 Å². The minimum Gasteiger partial charge on any atom is -0.481 e. The molecule has 1 saturated heterocycles. The normalized spacial score (nSPS) is 18.5. The van der Waals surface area contributed by atoms with Crippen molar-refractivity contribution < 1.29 is 19.0 Å². The van der Waals surface area contributed by atoms with Crippen molar-refractivity contribution in [2.45, 2.75) is 12.6 Å². The lowest BCUT2D eigenvalue weighted by Crippen LogP contribution is -2.33. The minimum absolute atomic E-state index is 0. The van der Waals surface area contributed by atoms with E-state index in [1.807, 2.05) is 4.90 Å². The van der Waals surface area contributed by atoms with Gasteiger partial charge < -0.3 is 15.6 Å². The first-order valence-electron chi connectivity index (χ1n) is 8.98. The van der Waals surface area contributed by atoms with E-state index in [1.165, 1.54) is 11.0 Å². The van der Waals surface area contributed by atoms with E-state index in [2.05, 4.69) is 20.4 Å². The Morgan fingerprint density at radius 3 is 2.71 bits per heavy atom. The summed E-state index contributed by atoms with van der Waals surface area (Å²) in [5.41, 5.74) is 6.49. The lowest BCUT2D eigenvalue weighted by atomic mass is 10.1. The van der Waals surface area contributed by atoms with Crippen molar-refractivity contribution in [3.8, 4) is 17.3 Å². The monoisotopic (exact) mass is 469 g/mol. The van der Waals surface area contributed by atoms with Gasteiger partial charge in [0.1, 0.15) is 5.75 Å². The minimum atomic E-state index is -0.905. The molecule has 164 valence electrons. The molecule has 0 radical (unpaired) electrons. The number of carboxylic acids is 1. The Balaban J connectivity index is 0.00000272.